The smallest absolute Gasteiger partial charge is 0.462 e. The molecule has 0 aromatic rings. The molecule has 0 heterocycles. The summed E-state index contributed by atoms with van der Waals surface area (Å²) in [7, 11) is -9.99. The highest BCUT2D eigenvalue weighted by molar-refractivity contribution is 7.47. The van der Waals surface area contributed by atoms with Crippen LogP contribution in [0.1, 0.15) is 323 Å². The molecular formula is C83H142O17P2. The molecule has 3 N–H and O–H groups in total. The number of allylic oxidation sites excluding steroid dienone is 20. The van der Waals surface area contributed by atoms with Crippen LogP contribution in [-0.4, -0.2) is 96.7 Å². The molecule has 0 amide bonds. The van der Waals surface area contributed by atoms with Crippen molar-refractivity contribution in [2.45, 2.75) is 341 Å². The third kappa shape index (κ3) is 73.8. The zero-order valence-electron chi connectivity index (χ0n) is 64.0. The summed E-state index contributed by atoms with van der Waals surface area (Å²) in [5.74, 6) is -2.31. The molecule has 0 spiro atoms. The fraction of sp³-hybridized carbons (Fsp3) is 0.711. The standard InChI is InChI=1S/C83H142O17P2/c1-5-9-13-17-21-25-29-33-36-38-41-44-48-52-56-60-64-68-81(86)94-74-79(99-82(87)69-65-61-57-53-49-45-40-35-31-27-23-19-15-11-7-3)76-98-102(91,92)96-72-77(84)71-95-101(89,90)97-75-78(73-93-80(85)67-63-59-55-51-47-43-32-28-24-20-16-12-8-4)100-83(88)70-66-62-58-54-50-46-42-39-37-34-30-26-22-18-14-10-6-2/h21-23,25-27,33-37,40-42,44,46,52,54,56,58,77-79,84H,5-20,24,28-32,38-39,43,45,47-51,53,55,57,59-76H2,1-4H3,(H,89,90)(H,91,92)/b25-21-,26-22-,27-23-,36-33-,37-34-,40-35-,44-41-,46-42-,56-52-,58-54-/t77-,78+,79+/m0/s1. The Kier molecular flexibility index (Phi) is 71.4. The third-order valence-corrected chi connectivity index (χ3v) is 18.3. The molecule has 0 aromatic carbocycles. The molecule has 5 atom stereocenters. The Morgan fingerprint density at radius 3 is 0.804 bits per heavy atom. The molecule has 17 nitrogen and oxygen atoms in total. The Hall–Kier alpha value is -4.54. The Morgan fingerprint density at radius 2 is 0.490 bits per heavy atom. The van der Waals surface area contributed by atoms with Crippen LogP contribution in [0.25, 0.3) is 0 Å². The Balaban J connectivity index is 5.46. The number of carbonyl (C=O) groups excluding carboxylic acids is 4. The number of phosphoric acid groups is 2. The molecule has 19 heteroatoms. The summed E-state index contributed by atoms with van der Waals surface area (Å²) in [5.41, 5.74) is 0. The molecule has 0 radical (unpaired) electrons. The number of rotatable bonds is 74. The Morgan fingerprint density at radius 1 is 0.275 bits per heavy atom. The monoisotopic (exact) mass is 1470 g/mol. The summed E-state index contributed by atoms with van der Waals surface area (Å²) in [5, 5.41) is 10.6. The maximum Gasteiger partial charge on any atom is 0.472 e. The zero-order chi connectivity index (χ0) is 74.6. The van der Waals surface area contributed by atoms with Crippen LogP contribution in [-0.2, 0) is 65.4 Å². The van der Waals surface area contributed by atoms with E-state index in [0.29, 0.717) is 38.5 Å². The van der Waals surface area contributed by atoms with E-state index in [4.69, 9.17) is 37.0 Å². The lowest BCUT2D eigenvalue weighted by Crippen LogP contribution is -2.30. The van der Waals surface area contributed by atoms with Gasteiger partial charge >= 0.3 is 39.5 Å². The second-order valence-electron chi connectivity index (χ2n) is 26.3. The molecule has 0 fully saturated rings. The van der Waals surface area contributed by atoms with Crippen LogP contribution in [0.15, 0.2) is 122 Å². The second kappa shape index (κ2) is 74.7. The molecule has 0 saturated heterocycles. The van der Waals surface area contributed by atoms with E-state index in [9.17, 15) is 43.2 Å². The van der Waals surface area contributed by atoms with Gasteiger partial charge in [0.2, 0.25) is 0 Å². The maximum atomic E-state index is 13.1. The first-order chi connectivity index (χ1) is 49.7. The van der Waals surface area contributed by atoms with E-state index in [0.717, 1.165) is 116 Å². The number of unbranched alkanes of at least 4 members (excludes halogenated alkanes) is 28. The van der Waals surface area contributed by atoms with Gasteiger partial charge in [-0.15, -0.1) is 0 Å². The molecule has 0 aliphatic rings. The summed E-state index contributed by atoms with van der Waals surface area (Å²) in [4.78, 5) is 72.9. The quantitative estimate of drug-likeness (QED) is 0.0169. The number of esters is 4. The first kappa shape index (κ1) is 97.5. The number of carbonyl (C=O) groups is 4. The average molecular weight is 1470 g/mol. The second-order valence-corrected chi connectivity index (χ2v) is 29.2. The average Bonchev–Trinajstić information content (AvgIpc) is 0.951. The number of hydrogen-bond acceptors (Lipinski definition) is 15. The van der Waals surface area contributed by atoms with E-state index >= 15 is 0 Å². The van der Waals surface area contributed by atoms with Gasteiger partial charge in [0.25, 0.3) is 0 Å². The van der Waals surface area contributed by atoms with Crippen molar-refractivity contribution in [1.82, 2.24) is 0 Å². The van der Waals surface area contributed by atoms with Gasteiger partial charge in [0.15, 0.2) is 12.2 Å². The van der Waals surface area contributed by atoms with Gasteiger partial charge in [0, 0.05) is 25.7 Å². The predicted octanol–water partition coefficient (Wildman–Crippen LogP) is 23.1. The topological polar surface area (TPSA) is 237 Å². The van der Waals surface area contributed by atoms with Gasteiger partial charge in [-0.05, 0) is 135 Å². The highest BCUT2D eigenvalue weighted by Gasteiger charge is 2.30. The van der Waals surface area contributed by atoms with Gasteiger partial charge in [-0.2, -0.15) is 0 Å². The van der Waals surface area contributed by atoms with Crippen LogP contribution >= 0.6 is 15.6 Å². The fourth-order valence-corrected chi connectivity index (χ4v) is 11.9. The van der Waals surface area contributed by atoms with Gasteiger partial charge in [0.05, 0.1) is 26.4 Å². The Labute approximate surface area is 619 Å². The van der Waals surface area contributed by atoms with Crippen LogP contribution in [0.2, 0.25) is 0 Å². The predicted molar refractivity (Wildman–Crippen MR) is 418 cm³/mol. The first-order valence-corrected chi connectivity index (χ1v) is 42.8. The van der Waals surface area contributed by atoms with E-state index in [1.807, 2.05) is 24.3 Å². The summed E-state index contributed by atoms with van der Waals surface area (Å²) in [6.45, 7) is 4.67. The summed E-state index contributed by atoms with van der Waals surface area (Å²) in [6, 6.07) is 0. The zero-order valence-corrected chi connectivity index (χ0v) is 65.8. The lowest BCUT2D eigenvalue weighted by Gasteiger charge is -2.21. The lowest BCUT2D eigenvalue weighted by molar-refractivity contribution is -0.161. The van der Waals surface area contributed by atoms with E-state index in [-0.39, 0.29) is 25.7 Å². The fourth-order valence-electron chi connectivity index (χ4n) is 10.3. The minimum Gasteiger partial charge on any atom is -0.462 e. The van der Waals surface area contributed by atoms with Crippen LogP contribution in [0.3, 0.4) is 0 Å². The van der Waals surface area contributed by atoms with Crippen LogP contribution in [0.5, 0.6) is 0 Å². The summed E-state index contributed by atoms with van der Waals surface area (Å²) >= 11 is 0. The molecule has 0 aliphatic heterocycles. The van der Waals surface area contributed by atoms with Gasteiger partial charge in [0.1, 0.15) is 19.3 Å². The number of phosphoric ester groups is 2. The lowest BCUT2D eigenvalue weighted by atomic mass is 10.0. The molecule has 586 valence electrons. The van der Waals surface area contributed by atoms with Gasteiger partial charge in [-0.25, -0.2) is 9.13 Å². The molecule has 0 aromatic heterocycles. The van der Waals surface area contributed by atoms with Crippen LogP contribution in [0.4, 0.5) is 0 Å². The third-order valence-electron chi connectivity index (χ3n) is 16.4. The van der Waals surface area contributed by atoms with E-state index in [1.165, 1.54) is 116 Å². The first-order valence-electron chi connectivity index (χ1n) is 39.8. The van der Waals surface area contributed by atoms with Crippen molar-refractivity contribution in [3.63, 3.8) is 0 Å². The summed E-state index contributed by atoms with van der Waals surface area (Å²) in [6.07, 6.45) is 81.9. The van der Waals surface area contributed by atoms with Crippen molar-refractivity contribution in [2.24, 2.45) is 0 Å². The highest BCUT2D eigenvalue weighted by atomic mass is 31.2. The van der Waals surface area contributed by atoms with Gasteiger partial charge < -0.3 is 33.8 Å². The molecule has 0 bridgehead atoms. The Bertz CT molecular complexity index is 2410. The van der Waals surface area contributed by atoms with Crippen molar-refractivity contribution in [3.8, 4) is 0 Å². The van der Waals surface area contributed by atoms with Gasteiger partial charge in [-0.1, -0.05) is 284 Å². The minimum atomic E-state index is -5.00. The maximum absolute atomic E-state index is 13.1. The molecular weight excluding hydrogens is 1330 g/mol. The van der Waals surface area contributed by atoms with E-state index in [1.54, 1.807) is 0 Å². The highest BCUT2D eigenvalue weighted by Crippen LogP contribution is 2.45. The number of hydrogen-bond donors (Lipinski definition) is 3. The molecule has 2 unspecified atom stereocenters. The van der Waals surface area contributed by atoms with Crippen molar-refractivity contribution in [3.05, 3.63) is 122 Å². The number of ether oxygens (including phenoxy) is 4. The van der Waals surface area contributed by atoms with Crippen LogP contribution in [0, 0.1) is 0 Å². The molecule has 0 rings (SSSR count). The van der Waals surface area contributed by atoms with E-state index < -0.39 is 97.5 Å². The molecule has 102 heavy (non-hydrogen) atoms. The number of aliphatic hydroxyl groups excluding tert-OH is 1. The van der Waals surface area contributed by atoms with Crippen molar-refractivity contribution in [2.75, 3.05) is 39.6 Å². The van der Waals surface area contributed by atoms with Crippen molar-refractivity contribution < 1.29 is 80.2 Å². The summed E-state index contributed by atoms with van der Waals surface area (Å²) < 4.78 is 68.5. The van der Waals surface area contributed by atoms with Crippen LogP contribution < -0.4 is 0 Å². The minimum absolute atomic E-state index is 0.0177. The van der Waals surface area contributed by atoms with Gasteiger partial charge in [-0.3, -0.25) is 37.3 Å². The van der Waals surface area contributed by atoms with Crippen molar-refractivity contribution in [1.29, 1.82) is 0 Å². The largest absolute Gasteiger partial charge is 0.472 e. The molecule has 0 aliphatic carbocycles. The van der Waals surface area contributed by atoms with Crippen molar-refractivity contribution >= 4 is 39.5 Å². The normalized spacial score (nSPS) is 14.5. The van der Waals surface area contributed by atoms with E-state index in [2.05, 4.69) is 125 Å². The number of aliphatic hydroxyl groups is 1. The SMILES string of the molecule is CCCCC/C=C\C/C=C\C/C=C\C/C=C\CCCC(=O)OC[C@H](COP(=O)(O)OC[C@@H](O)COP(=O)(O)OC[C@@H](COC(=O)CCCCCCCCCCCCCCC)OC(=O)CCC/C=C\C/C=C\C/C=C\C/C=C\CCCCC)OC(=O)CCCCCCC/C=C\C/C=C\CCCCC. The molecule has 0 saturated carbocycles.